The van der Waals surface area contributed by atoms with Gasteiger partial charge in [0.15, 0.2) is 0 Å². The van der Waals surface area contributed by atoms with Gasteiger partial charge < -0.3 is 10.8 Å². The highest BCUT2D eigenvalue weighted by Gasteiger charge is 2.21. The lowest BCUT2D eigenvalue weighted by atomic mass is 10.2. The van der Waals surface area contributed by atoms with E-state index in [2.05, 4.69) is 23.9 Å². The molecule has 0 rings (SSSR count). The van der Waals surface area contributed by atoms with Crippen LogP contribution in [0, 0.1) is 5.53 Å². The summed E-state index contributed by atoms with van der Waals surface area (Å²) in [5, 5.41) is 12.7. The normalized spacial score (nSPS) is 14.2. The first-order valence-corrected chi connectivity index (χ1v) is 7.08. The van der Waals surface area contributed by atoms with E-state index in [1.54, 1.807) is 21.6 Å². The number of carbonyl (C=O) groups is 1. The second-order valence-electron chi connectivity index (χ2n) is 3.47. The van der Waals surface area contributed by atoms with Crippen LogP contribution in [-0.4, -0.2) is 34.2 Å². The van der Waals surface area contributed by atoms with Gasteiger partial charge in [0.2, 0.25) is 4.91 Å². The van der Waals surface area contributed by atoms with Gasteiger partial charge in [-0.05, 0) is 6.42 Å². The van der Waals surface area contributed by atoms with Crippen molar-refractivity contribution in [3.63, 3.8) is 0 Å². The van der Waals surface area contributed by atoms with Gasteiger partial charge in [-0.2, -0.15) is 0 Å². The molecule has 0 fully saturated rings. The highest BCUT2D eigenvalue weighted by molar-refractivity contribution is 8.77. The number of aliphatic carboxylic acids is 1. The molecule has 0 bridgehead atoms. The lowest BCUT2D eigenvalue weighted by Gasteiger charge is -2.15. The standard InChI is InChI=1S/C8H16N4O2S2/c1-5(2)15-16-6(4-11-12-10)3-7(9)8(13)14/h5-7,10H,3-4,9H2,1-2H3/p+1/t6?,7-/m0/s1. The maximum atomic E-state index is 10.6. The third-order valence-electron chi connectivity index (χ3n) is 1.57. The van der Waals surface area contributed by atoms with Gasteiger partial charge in [0.05, 0.1) is 0 Å². The maximum absolute atomic E-state index is 10.6. The molecule has 0 spiro atoms. The highest BCUT2D eigenvalue weighted by Crippen LogP contribution is 2.32. The Bertz CT molecular complexity index is 269. The Labute approximate surface area is 102 Å². The first-order valence-electron chi connectivity index (χ1n) is 4.81. The fraction of sp³-hybridized carbons (Fsp3) is 0.875. The molecule has 92 valence electrons. The van der Waals surface area contributed by atoms with Crippen LogP contribution < -0.4 is 10.6 Å². The van der Waals surface area contributed by atoms with Gasteiger partial charge in [0, 0.05) is 10.5 Å². The third kappa shape index (κ3) is 7.70. The van der Waals surface area contributed by atoms with Crippen molar-refractivity contribution in [3.8, 4) is 0 Å². The van der Waals surface area contributed by atoms with Crippen LogP contribution in [0.3, 0.4) is 0 Å². The Hall–Kier alpha value is -0.560. The number of nitrogens with zero attached hydrogens (tertiary/aromatic N) is 2. The van der Waals surface area contributed by atoms with Crippen molar-refractivity contribution in [3.05, 3.63) is 0 Å². The number of nitrogens with two attached hydrogens (primary N) is 1. The van der Waals surface area contributed by atoms with Crippen molar-refractivity contribution >= 4 is 27.6 Å². The molecule has 2 atom stereocenters. The second kappa shape index (κ2) is 8.58. The molecule has 0 amide bonds. The summed E-state index contributed by atoms with van der Waals surface area (Å²) < 4.78 is 0. The zero-order valence-corrected chi connectivity index (χ0v) is 10.9. The number of carboxylic acids is 1. The van der Waals surface area contributed by atoms with Gasteiger partial charge in [-0.3, -0.25) is 4.79 Å². The fourth-order valence-corrected chi connectivity index (χ4v) is 3.20. The molecule has 0 aromatic rings. The molecule has 16 heavy (non-hydrogen) atoms. The molecule has 4 N–H and O–H groups in total. The SMILES string of the molecule is CC(C)SSC(CN=[N+]=N)C[C@H](N)C(=O)O. The van der Waals surface area contributed by atoms with E-state index >= 15 is 0 Å². The second-order valence-corrected chi connectivity index (χ2v) is 6.62. The Morgan fingerprint density at radius 2 is 2.19 bits per heavy atom. The molecule has 8 heteroatoms. The van der Waals surface area contributed by atoms with Crippen LogP contribution in [0.1, 0.15) is 20.3 Å². The molecule has 0 aromatic heterocycles. The van der Waals surface area contributed by atoms with Gasteiger partial charge in [0.1, 0.15) is 23.2 Å². The fourth-order valence-electron chi connectivity index (χ4n) is 0.850. The first-order chi connectivity index (χ1) is 7.47. The van der Waals surface area contributed by atoms with Crippen LogP contribution in [0.5, 0.6) is 0 Å². The molecule has 0 saturated heterocycles. The monoisotopic (exact) mass is 265 g/mol. The number of hydrogen-bond donors (Lipinski definition) is 3. The zero-order chi connectivity index (χ0) is 12.6. The van der Waals surface area contributed by atoms with Crippen LogP contribution >= 0.6 is 21.6 Å². The molecule has 0 aliphatic rings. The topological polar surface area (TPSA) is 114 Å². The summed E-state index contributed by atoms with van der Waals surface area (Å²) in [7, 11) is 3.20. The van der Waals surface area contributed by atoms with Crippen LogP contribution in [0.2, 0.25) is 0 Å². The number of hydrogen-bond acceptors (Lipinski definition) is 6. The predicted octanol–water partition coefficient (Wildman–Crippen LogP) is 1.50. The molecular formula is C8H17N4O2S2+. The number of carboxylic acid groups (broad SMARTS) is 1. The Morgan fingerprint density at radius 3 is 2.62 bits per heavy atom. The minimum atomic E-state index is -1.01. The Kier molecular flexibility index (Phi) is 8.28. The van der Waals surface area contributed by atoms with Crippen LogP contribution in [0.15, 0.2) is 5.11 Å². The average molecular weight is 265 g/mol. The van der Waals surface area contributed by atoms with Crippen molar-refractivity contribution in [2.24, 2.45) is 10.8 Å². The highest BCUT2D eigenvalue weighted by atomic mass is 33.1. The molecule has 0 saturated carbocycles. The smallest absolute Gasteiger partial charge is 0.320 e. The van der Waals surface area contributed by atoms with E-state index < -0.39 is 12.0 Å². The quantitative estimate of drug-likeness (QED) is 0.349. The third-order valence-corrected chi connectivity index (χ3v) is 4.99. The summed E-state index contributed by atoms with van der Waals surface area (Å²) in [6.07, 6.45) is 0.332. The first kappa shape index (κ1) is 15.4. The predicted molar refractivity (Wildman–Crippen MR) is 66.5 cm³/mol. The molecule has 0 aliphatic heterocycles. The van der Waals surface area contributed by atoms with Gasteiger partial charge in [-0.15, -0.1) is 0 Å². The van der Waals surface area contributed by atoms with Gasteiger partial charge in [-0.25, -0.2) is 0 Å². The molecule has 0 aliphatic carbocycles. The summed E-state index contributed by atoms with van der Waals surface area (Å²) in [5.41, 5.74) is 12.0. The van der Waals surface area contributed by atoms with E-state index in [-0.39, 0.29) is 5.25 Å². The summed E-state index contributed by atoms with van der Waals surface area (Å²) in [6.45, 7) is 4.44. The van der Waals surface area contributed by atoms with Crippen molar-refractivity contribution in [2.45, 2.75) is 36.8 Å². The lowest BCUT2D eigenvalue weighted by Crippen LogP contribution is -2.33. The van der Waals surface area contributed by atoms with E-state index in [0.717, 1.165) is 0 Å². The Balaban J connectivity index is 4.18. The van der Waals surface area contributed by atoms with Crippen LogP contribution in [0.25, 0.3) is 0 Å². The van der Waals surface area contributed by atoms with Crippen molar-refractivity contribution in [1.82, 2.24) is 4.91 Å². The molecule has 6 nitrogen and oxygen atoms in total. The van der Waals surface area contributed by atoms with Gasteiger partial charge >= 0.3 is 5.97 Å². The van der Waals surface area contributed by atoms with E-state index in [4.69, 9.17) is 16.4 Å². The largest absolute Gasteiger partial charge is 0.480 e. The molecule has 0 aromatic carbocycles. The maximum Gasteiger partial charge on any atom is 0.320 e. The Morgan fingerprint density at radius 1 is 1.56 bits per heavy atom. The lowest BCUT2D eigenvalue weighted by molar-refractivity contribution is -0.138. The average Bonchev–Trinajstić information content (AvgIpc) is 2.21. The molecular weight excluding hydrogens is 248 g/mol. The van der Waals surface area contributed by atoms with Crippen molar-refractivity contribution < 1.29 is 9.90 Å². The minimum absolute atomic E-state index is 0.0207. The summed E-state index contributed by atoms with van der Waals surface area (Å²) in [4.78, 5) is 13.5. The summed E-state index contributed by atoms with van der Waals surface area (Å²) in [5.74, 6) is -1.01. The van der Waals surface area contributed by atoms with Gasteiger partial charge in [0.25, 0.3) is 0 Å². The van der Waals surface area contributed by atoms with Crippen LogP contribution in [-0.2, 0) is 4.79 Å². The van der Waals surface area contributed by atoms with Gasteiger partial charge in [-0.1, -0.05) is 35.4 Å². The van der Waals surface area contributed by atoms with Crippen molar-refractivity contribution in [1.29, 1.82) is 5.53 Å². The molecule has 0 radical (unpaired) electrons. The number of rotatable bonds is 8. The number of nitrogens with one attached hydrogen (secondary N) is 1. The van der Waals surface area contributed by atoms with Crippen LogP contribution in [0.4, 0.5) is 0 Å². The summed E-state index contributed by atoms with van der Waals surface area (Å²) in [6, 6.07) is -0.883. The van der Waals surface area contributed by atoms with Crippen molar-refractivity contribution in [2.75, 3.05) is 6.54 Å². The molecule has 0 heterocycles. The molecule has 1 unspecified atom stereocenters. The van der Waals surface area contributed by atoms with E-state index in [9.17, 15) is 4.79 Å². The minimum Gasteiger partial charge on any atom is -0.480 e. The zero-order valence-electron chi connectivity index (χ0n) is 9.29. The van der Waals surface area contributed by atoms with E-state index in [1.165, 1.54) is 0 Å². The summed E-state index contributed by atoms with van der Waals surface area (Å²) >= 11 is 0. The van der Waals surface area contributed by atoms with E-state index in [0.29, 0.717) is 18.2 Å². The van der Waals surface area contributed by atoms with E-state index in [1.807, 2.05) is 0 Å².